The lowest BCUT2D eigenvalue weighted by Crippen LogP contribution is -2.13. The predicted octanol–water partition coefficient (Wildman–Crippen LogP) is 2.17. The molecule has 0 aliphatic rings. The van der Waals surface area contributed by atoms with Gasteiger partial charge in [0.2, 0.25) is 0 Å². The number of thiazole rings is 1. The lowest BCUT2D eigenvalue weighted by molar-refractivity contribution is 0.0357. The summed E-state index contributed by atoms with van der Waals surface area (Å²) >= 11 is 1.19. The molecule has 2 heterocycles. The minimum atomic E-state index is -0.428. The Labute approximate surface area is 114 Å². The van der Waals surface area contributed by atoms with Gasteiger partial charge in [-0.3, -0.25) is 0 Å². The summed E-state index contributed by atoms with van der Waals surface area (Å²) in [4.78, 5) is 24.5. The van der Waals surface area contributed by atoms with Crippen molar-refractivity contribution in [1.82, 2.24) is 15.0 Å². The molecule has 0 fully saturated rings. The average molecular weight is 273 g/mol. The van der Waals surface area contributed by atoms with Crippen molar-refractivity contribution in [3.8, 4) is 23.2 Å². The van der Waals surface area contributed by atoms with Crippen LogP contribution in [0.2, 0.25) is 0 Å². The number of ether oxygens (including phenoxy) is 1. The second-order valence-corrected chi connectivity index (χ2v) is 4.76. The maximum absolute atomic E-state index is 11.8. The standard InChI is InChI=1S/C13H11N3O2S/c1-3-5-9(2)18-13(17)10-8-16-12(19-10)11-14-6-4-7-15-11/h1,4,6-9H,5H2,2H3/t9-/m1/s1. The van der Waals surface area contributed by atoms with Crippen LogP contribution in [0.3, 0.4) is 0 Å². The van der Waals surface area contributed by atoms with Gasteiger partial charge in [0.15, 0.2) is 10.8 Å². The molecule has 0 bridgehead atoms. The number of hydrogen-bond acceptors (Lipinski definition) is 6. The van der Waals surface area contributed by atoms with Gasteiger partial charge < -0.3 is 4.74 Å². The molecule has 2 aromatic heterocycles. The molecule has 0 radical (unpaired) electrons. The number of esters is 1. The highest BCUT2D eigenvalue weighted by atomic mass is 32.1. The van der Waals surface area contributed by atoms with Crippen LogP contribution in [0.25, 0.3) is 10.8 Å². The molecule has 6 heteroatoms. The van der Waals surface area contributed by atoms with E-state index in [-0.39, 0.29) is 6.10 Å². The van der Waals surface area contributed by atoms with Crippen LogP contribution in [0.5, 0.6) is 0 Å². The first kappa shape index (κ1) is 13.2. The van der Waals surface area contributed by atoms with E-state index in [1.54, 1.807) is 25.4 Å². The molecule has 0 aliphatic heterocycles. The van der Waals surface area contributed by atoms with Crippen molar-refractivity contribution in [2.45, 2.75) is 19.4 Å². The molecule has 0 saturated heterocycles. The molecule has 19 heavy (non-hydrogen) atoms. The number of hydrogen-bond donors (Lipinski definition) is 0. The van der Waals surface area contributed by atoms with Crippen LogP contribution in [0.15, 0.2) is 24.7 Å². The fourth-order valence-electron chi connectivity index (χ4n) is 1.33. The summed E-state index contributed by atoms with van der Waals surface area (Å²) in [6, 6.07) is 1.72. The third-order valence-corrected chi connectivity index (χ3v) is 3.15. The molecule has 0 amide bonds. The van der Waals surface area contributed by atoms with E-state index in [0.717, 1.165) is 0 Å². The minimum absolute atomic E-state index is 0.309. The second-order valence-electron chi connectivity index (χ2n) is 3.73. The van der Waals surface area contributed by atoms with Crippen LogP contribution in [0, 0.1) is 12.3 Å². The van der Waals surface area contributed by atoms with E-state index in [1.807, 2.05) is 0 Å². The molecule has 0 aromatic carbocycles. The molecule has 5 nitrogen and oxygen atoms in total. The number of rotatable bonds is 4. The van der Waals surface area contributed by atoms with Crippen LogP contribution in [0.1, 0.15) is 23.0 Å². The van der Waals surface area contributed by atoms with Crippen molar-refractivity contribution in [2.75, 3.05) is 0 Å². The molecule has 0 spiro atoms. The zero-order chi connectivity index (χ0) is 13.7. The summed E-state index contributed by atoms with van der Waals surface area (Å²) in [5, 5.41) is 0.581. The first-order valence-electron chi connectivity index (χ1n) is 5.58. The van der Waals surface area contributed by atoms with Crippen LogP contribution >= 0.6 is 11.3 Å². The van der Waals surface area contributed by atoms with Crippen LogP contribution in [-0.4, -0.2) is 27.0 Å². The normalized spacial score (nSPS) is 11.6. The number of aromatic nitrogens is 3. The second kappa shape index (κ2) is 6.07. The van der Waals surface area contributed by atoms with E-state index < -0.39 is 5.97 Å². The number of nitrogens with zero attached hydrogens (tertiary/aromatic N) is 3. The van der Waals surface area contributed by atoms with Crippen LogP contribution < -0.4 is 0 Å². The van der Waals surface area contributed by atoms with Crippen molar-refractivity contribution in [1.29, 1.82) is 0 Å². The Balaban J connectivity index is 2.09. The maximum atomic E-state index is 11.8. The first-order valence-corrected chi connectivity index (χ1v) is 6.40. The molecule has 96 valence electrons. The number of carbonyl (C=O) groups is 1. The zero-order valence-corrected chi connectivity index (χ0v) is 11.1. The van der Waals surface area contributed by atoms with Crippen LogP contribution in [0.4, 0.5) is 0 Å². The van der Waals surface area contributed by atoms with Crippen molar-refractivity contribution in [3.05, 3.63) is 29.5 Å². The molecule has 0 saturated carbocycles. The third kappa shape index (κ3) is 3.36. The van der Waals surface area contributed by atoms with Gasteiger partial charge in [0.1, 0.15) is 11.0 Å². The Morgan fingerprint density at radius 2 is 2.21 bits per heavy atom. The Kier molecular flexibility index (Phi) is 4.21. The largest absolute Gasteiger partial charge is 0.457 e. The summed E-state index contributed by atoms with van der Waals surface area (Å²) < 4.78 is 5.17. The average Bonchev–Trinajstić information content (AvgIpc) is 2.89. The van der Waals surface area contributed by atoms with Gasteiger partial charge in [-0.05, 0) is 13.0 Å². The highest BCUT2D eigenvalue weighted by molar-refractivity contribution is 7.16. The first-order chi connectivity index (χ1) is 9.20. The molecule has 0 N–H and O–H groups in total. The van der Waals surface area contributed by atoms with E-state index in [1.165, 1.54) is 17.5 Å². The van der Waals surface area contributed by atoms with Gasteiger partial charge in [0.05, 0.1) is 6.20 Å². The fraction of sp³-hybridized carbons (Fsp3) is 0.231. The van der Waals surface area contributed by atoms with Crippen molar-refractivity contribution >= 4 is 17.3 Å². The highest BCUT2D eigenvalue weighted by Crippen LogP contribution is 2.22. The quantitative estimate of drug-likeness (QED) is 0.631. The lowest BCUT2D eigenvalue weighted by Gasteiger charge is -2.08. The Morgan fingerprint density at radius 1 is 1.47 bits per heavy atom. The summed E-state index contributed by atoms with van der Waals surface area (Å²) in [6.07, 6.45) is 9.94. The maximum Gasteiger partial charge on any atom is 0.350 e. The molecule has 2 aromatic rings. The number of terminal acetylenes is 1. The van der Waals surface area contributed by atoms with E-state index in [0.29, 0.717) is 22.1 Å². The summed E-state index contributed by atoms with van der Waals surface area (Å²) in [5.74, 6) is 2.51. The number of carbonyl (C=O) groups excluding carboxylic acids is 1. The predicted molar refractivity (Wildman–Crippen MR) is 71.5 cm³/mol. The molecule has 0 aliphatic carbocycles. The molecule has 0 unspecified atom stereocenters. The summed E-state index contributed by atoms with van der Waals surface area (Å²) in [5.41, 5.74) is 0. The van der Waals surface area contributed by atoms with E-state index in [4.69, 9.17) is 11.2 Å². The van der Waals surface area contributed by atoms with Gasteiger partial charge in [-0.25, -0.2) is 19.7 Å². The lowest BCUT2D eigenvalue weighted by atomic mass is 10.3. The van der Waals surface area contributed by atoms with Gasteiger partial charge >= 0.3 is 5.97 Å². The Hall–Kier alpha value is -2.26. The van der Waals surface area contributed by atoms with Gasteiger partial charge in [-0.1, -0.05) is 0 Å². The summed E-state index contributed by atoms with van der Waals surface area (Å²) in [7, 11) is 0. The molecule has 1 atom stereocenters. The summed E-state index contributed by atoms with van der Waals surface area (Å²) in [6.45, 7) is 1.75. The highest BCUT2D eigenvalue weighted by Gasteiger charge is 2.16. The van der Waals surface area contributed by atoms with Gasteiger partial charge in [-0.15, -0.1) is 23.7 Å². The van der Waals surface area contributed by atoms with Gasteiger partial charge in [-0.2, -0.15) is 0 Å². The minimum Gasteiger partial charge on any atom is -0.457 e. The van der Waals surface area contributed by atoms with Crippen molar-refractivity contribution in [3.63, 3.8) is 0 Å². The Bertz CT molecular complexity index is 604. The smallest absolute Gasteiger partial charge is 0.350 e. The Morgan fingerprint density at radius 3 is 2.89 bits per heavy atom. The fourth-order valence-corrected chi connectivity index (χ4v) is 2.08. The van der Waals surface area contributed by atoms with Gasteiger partial charge in [0, 0.05) is 18.8 Å². The zero-order valence-electron chi connectivity index (χ0n) is 10.2. The van der Waals surface area contributed by atoms with E-state index in [2.05, 4.69) is 20.9 Å². The van der Waals surface area contributed by atoms with Crippen molar-refractivity contribution in [2.24, 2.45) is 0 Å². The third-order valence-electron chi connectivity index (χ3n) is 2.18. The SMILES string of the molecule is C#CC[C@@H](C)OC(=O)c1cnc(-c2ncccn2)s1. The topological polar surface area (TPSA) is 65.0 Å². The van der Waals surface area contributed by atoms with Crippen LogP contribution in [-0.2, 0) is 4.74 Å². The van der Waals surface area contributed by atoms with Crippen molar-refractivity contribution < 1.29 is 9.53 Å². The molecule has 2 rings (SSSR count). The van der Waals surface area contributed by atoms with E-state index >= 15 is 0 Å². The van der Waals surface area contributed by atoms with E-state index in [9.17, 15) is 4.79 Å². The van der Waals surface area contributed by atoms with Gasteiger partial charge in [0.25, 0.3) is 0 Å². The molecular weight excluding hydrogens is 262 g/mol. The molecular formula is C13H11N3O2S. The monoisotopic (exact) mass is 273 g/mol.